The van der Waals surface area contributed by atoms with Crippen LogP contribution in [0.1, 0.15) is 25.4 Å². The Bertz CT molecular complexity index is 1420. The lowest BCUT2D eigenvalue weighted by molar-refractivity contribution is -0.118. The lowest BCUT2D eigenvalue weighted by Crippen LogP contribution is -2.27. The molecule has 1 fully saturated rings. The molecule has 3 aromatic rings. The van der Waals surface area contributed by atoms with Crippen LogP contribution in [0.15, 0.2) is 59.5 Å². The molecule has 1 aliphatic heterocycles. The number of nitrogens with one attached hydrogen (secondary N) is 2. The van der Waals surface area contributed by atoms with Crippen LogP contribution in [0, 0.1) is 12.7 Å². The number of fused-ring (bicyclic) bond motifs is 1. The molecule has 1 saturated carbocycles. The molecular formula is C25H25FN2O5S. The number of carbonyl (C=O) groups excluding carboxylic acids is 1. The number of benzene rings is 3. The molecule has 178 valence electrons. The summed E-state index contributed by atoms with van der Waals surface area (Å²) in [7, 11) is -2.67. The molecule has 9 heteroatoms. The molecule has 1 aliphatic carbocycles. The number of rotatable bonds is 6. The molecule has 0 aromatic heterocycles. The summed E-state index contributed by atoms with van der Waals surface area (Å²) in [6.07, 6.45) is 1.45. The van der Waals surface area contributed by atoms with Crippen LogP contribution in [0.2, 0.25) is 0 Å². The largest absolute Gasteiger partial charge is 0.454 e. The molecule has 5 rings (SSSR count). The second kappa shape index (κ2) is 8.11. The molecule has 0 radical (unpaired) electrons. The number of hydrogen-bond donors (Lipinski definition) is 2. The van der Waals surface area contributed by atoms with Crippen LogP contribution in [0.4, 0.5) is 10.1 Å². The summed E-state index contributed by atoms with van der Waals surface area (Å²) in [5.74, 6) is 0.340. The summed E-state index contributed by atoms with van der Waals surface area (Å²) in [6, 6.07) is 14.9. The van der Waals surface area contributed by atoms with Crippen molar-refractivity contribution < 1.29 is 28.5 Å². The summed E-state index contributed by atoms with van der Waals surface area (Å²) < 4.78 is 51.5. The fourth-order valence-electron chi connectivity index (χ4n) is 4.22. The van der Waals surface area contributed by atoms with Crippen LogP contribution in [-0.2, 0) is 20.2 Å². The standard InChI is InChI=1S/C25H23FN2O5S.H2/c1-15-3-6-18(13-19(15)16-4-8-23(20(26)11-16)34(30,31)27-2)28-24(29)25(9-10-25)17-5-7-21-22(12-17)33-14-32-21;/h3-8,11-13,27H,9-10,14H2,1-2H3,(H,28,29);1H. The normalized spacial score (nSPS) is 15.7. The summed E-state index contributed by atoms with van der Waals surface area (Å²) in [5, 5.41) is 3.00. The number of ether oxygens (including phenoxy) is 2. The molecule has 0 saturated heterocycles. The van der Waals surface area contributed by atoms with Gasteiger partial charge in [-0.05, 0) is 85.5 Å². The van der Waals surface area contributed by atoms with E-state index in [-0.39, 0.29) is 14.1 Å². The Morgan fingerprint density at radius 1 is 1.03 bits per heavy atom. The number of carbonyl (C=O) groups is 1. The molecule has 7 nitrogen and oxygen atoms in total. The van der Waals surface area contributed by atoms with Crippen molar-refractivity contribution in [2.45, 2.75) is 30.1 Å². The fourth-order valence-corrected chi connectivity index (χ4v) is 5.01. The SMILES string of the molecule is CNS(=O)(=O)c1ccc(-c2cc(NC(=O)C3(c4ccc5c(c4)OCO5)CC3)ccc2C)cc1F.[HH]. The zero-order chi connectivity index (χ0) is 24.1. The van der Waals surface area contributed by atoms with E-state index in [1.165, 1.54) is 19.2 Å². The third-order valence-electron chi connectivity index (χ3n) is 6.41. The number of halogens is 1. The minimum atomic E-state index is -3.90. The van der Waals surface area contributed by atoms with Crippen LogP contribution < -0.4 is 19.5 Å². The van der Waals surface area contributed by atoms with E-state index in [0.717, 1.165) is 24.0 Å². The highest BCUT2D eigenvalue weighted by molar-refractivity contribution is 7.89. The molecule has 0 atom stereocenters. The smallest absolute Gasteiger partial charge is 0.243 e. The zero-order valence-corrected chi connectivity index (χ0v) is 19.5. The minimum Gasteiger partial charge on any atom is -0.454 e. The van der Waals surface area contributed by atoms with Crippen molar-refractivity contribution >= 4 is 21.6 Å². The van der Waals surface area contributed by atoms with Gasteiger partial charge in [0.25, 0.3) is 0 Å². The Balaban J connectivity index is 0.00000289. The van der Waals surface area contributed by atoms with Crippen molar-refractivity contribution in [3.63, 3.8) is 0 Å². The first-order valence-corrected chi connectivity index (χ1v) is 12.3. The number of amides is 1. The van der Waals surface area contributed by atoms with E-state index < -0.39 is 26.2 Å². The lowest BCUT2D eigenvalue weighted by Gasteiger charge is -2.17. The highest BCUT2D eigenvalue weighted by Crippen LogP contribution is 2.51. The Kier molecular flexibility index (Phi) is 5.33. The van der Waals surface area contributed by atoms with Crippen LogP contribution >= 0.6 is 0 Å². The van der Waals surface area contributed by atoms with Gasteiger partial charge in [0.2, 0.25) is 22.7 Å². The van der Waals surface area contributed by atoms with Gasteiger partial charge in [-0.25, -0.2) is 17.5 Å². The summed E-state index contributed by atoms with van der Waals surface area (Å²) >= 11 is 0. The van der Waals surface area contributed by atoms with E-state index in [4.69, 9.17) is 9.47 Å². The first-order chi connectivity index (χ1) is 16.2. The maximum absolute atomic E-state index is 14.6. The molecule has 1 amide bonds. The fraction of sp³-hybridized carbons (Fsp3) is 0.240. The Morgan fingerprint density at radius 2 is 1.79 bits per heavy atom. The average Bonchev–Trinajstić information content (AvgIpc) is 3.51. The monoisotopic (exact) mass is 484 g/mol. The summed E-state index contributed by atoms with van der Waals surface area (Å²) in [4.78, 5) is 12.8. The van der Waals surface area contributed by atoms with Crippen molar-refractivity contribution in [2.24, 2.45) is 0 Å². The molecule has 3 aromatic carbocycles. The third kappa shape index (κ3) is 3.80. The van der Waals surface area contributed by atoms with E-state index in [1.807, 2.05) is 31.2 Å². The van der Waals surface area contributed by atoms with E-state index in [1.54, 1.807) is 18.2 Å². The van der Waals surface area contributed by atoms with Crippen LogP contribution in [-0.4, -0.2) is 28.2 Å². The Morgan fingerprint density at radius 3 is 2.50 bits per heavy atom. The van der Waals surface area contributed by atoms with E-state index in [9.17, 15) is 17.6 Å². The number of hydrogen-bond acceptors (Lipinski definition) is 5. The van der Waals surface area contributed by atoms with E-state index >= 15 is 0 Å². The van der Waals surface area contributed by atoms with Gasteiger partial charge in [-0.3, -0.25) is 4.79 Å². The Labute approximate surface area is 198 Å². The summed E-state index contributed by atoms with van der Waals surface area (Å²) in [6.45, 7) is 2.04. The molecule has 1 heterocycles. The quantitative estimate of drug-likeness (QED) is 0.543. The first-order valence-electron chi connectivity index (χ1n) is 10.8. The topological polar surface area (TPSA) is 93.7 Å². The predicted octanol–water partition coefficient (Wildman–Crippen LogP) is 4.35. The van der Waals surface area contributed by atoms with Gasteiger partial charge in [0.05, 0.1) is 5.41 Å². The van der Waals surface area contributed by atoms with Crippen molar-refractivity contribution in [2.75, 3.05) is 19.2 Å². The molecule has 0 unspecified atom stereocenters. The molecule has 2 aliphatic rings. The van der Waals surface area contributed by atoms with Crippen molar-refractivity contribution in [3.8, 4) is 22.6 Å². The van der Waals surface area contributed by atoms with Gasteiger partial charge in [-0.15, -0.1) is 0 Å². The number of aryl methyl sites for hydroxylation is 1. The maximum atomic E-state index is 14.6. The highest BCUT2D eigenvalue weighted by Gasteiger charge is 2.51. The maximum Gasteiger partial charge on any atom is 0.243 e. The molecule has 0 bridgehead atoms. The molecule has 2 N–H and O–H groups in total. The number of anilines is 1. The molecular weight excluding hydrogens is 459 g/mol. The van der Waals surface area contributed by atoms with Gasteiger partial charge in [0, 0.05) is 7.11 Å². The second-order valence-corrected chi connectivity index (χ2v) is 10.3. The predicted molar refractivity (Wildman–Crippen MR) is 127 cm³/mol. The van der Waals surface area contributed by atoms with Gasteiger partial charge in [0.15, 0.2) is 11.5 Å². The highest BCUT2D eigenvalue weighted by atomic mass is 32.2. The Hall–Kier alpha value is -3.43. The van der Waals surface area contributed by atoms with Crippen LogP contribution in [0.3, 0.4) is 0 Å². The summed E-state index contributed by atoms with van der Waals surface area (Å²) in [5.41, 5.74) is 2.89. The third-order valence-corrected chi connectivity index (χ3v) is 7.85. The van der Waals surface area contributed by atoms with Gasteiger partial charge in [-0.2, -0.15) is 0 Å². The zero-order valence-electron chi connectivity index (χ0n) is 18.6. The van der Waals surface area contributed by atoms with Crippen molar-refractivity contribution in [1.29, 1.82) is 0 Å². The van der Waals surface area contributed by atoms with E-state index in [0.29, 0.717) is 28.3 Å². The van der Waals surface area contributed by atoms with Crippen molar-refractivity contribution in [3.05, 3.63) is 71.5 Å². The molecule has 34 heavy (non-hydrogen) atoms. The van der Waals surface area contributed by atoms with Crippen LogP contribution in [0.25, 0.3) is 11.1 Å². The lowest BCUT2D eigenvalue weighted by atomic mass is 9.94. The van der Waals surface area contributed by atoms with Crippen LogP contribution in [0.5, 0.6) is 11.5 Å². The van der Waals surface area contributed by atoms with Gasteiger partial charge >= 0.3 is 0 Å². The number of sulfonamides is 1. The average molecular weight is 485 g/mol. The molecule has 0 spiro atoms. The van der Waals surface area contributed by atoms with Gasteiger partial charge in [-0.1, -0.05) is 18.2 Å². The second-order valence-electron chi connectivity index (χ2n) is 8.49. The van der Waals surface area contributed by atoms with E-state index in [2.05, 4.69) is 10.0 Å². The van der Waals surface area contributed by atoms with Crippen molar-refractivity contribution in [1.82, 2.24) is 4.72 Å². The van der Waals surface area contributed by atoms with Gasteiger partial charge in [0.1, 0.15) is 10.7 Å². The van der Waals surface area contributed by atoms with Gasteiger partial charge < -0.3 is 14.8 Å². The first kappa shape index (κ1) is 22.4. The minimum absolute atomic E-state index is 0.